The standard InChI is InChI=1S/C15H24N2O2S/c1-12-6-2-5-9-15(12)17-20(18,19)11-14-8-4-3-7-13(14)10-16/h3-4,7-8,12,15,17H,2,5-6,9-11,16H2,1H3. The van der Waals surface area contributed by atoms with Crippen molar-refractivity contribution < 1.29 is 8.42 Å². The molecule has 0 aromatic heterocycles. The van der Waals surface area contributed by atoms with Crippen molar-refractivity contribution in [3.05, 3.63) is 35.4 Å². The first-order chi connectivity index (χ1) is 9.52. The zero-order valence-corrected chi connectivity index (χ0v) is 12.8. The second-order valence-electron chi connectivity index (χ2n) is 5.72. The van der Waals surface area contributed by atoms with Crippen LogP contribution in [-0.4, -0.2) is 14.5 Å². The van der Waals surface area contributed by atoms with Gasteiger partial charge in [-0.2, -0.15) is 0 Å². The first-order valence-corrected chi connectivity index (χ1v) is 8.94. The number of nitrogens with two attached hydrogens (primary N) is 1. The van der Waals surface area contributed by atoms with Crippen molar-refractivity contribution in [3.8, 4) is 0 Å². The molecule has 0 aliphatic heterocycles. The largest absolute Gasteiger partial charge is 0.326 e. The summed E-state index contributed by atoms with van der Waals surface area (Å²) in [6.45, 7) is 2.49. The van der Waals surface area contributed by atoms with Gasteiger partial charge in [-0.1, -0.05) is 44.0 Å². The predicted molar refractivity (Wildman–Crippen MR) is 81.5 cm³/mol. The Balaban J connectivity index is 2.07. The lowest BCUT2D eigenvalue weighted by Gasteiger charge is -2.29. The lowest BCUT2D eigenvalue weighted by Crippen LogP contribution is -2.41. The van der Waals surface area contributed by atoms with Gasteiger partial charge in [0.15, 0.2) is 0 Å². The summed E-state index contributed by atoms with van der Waals surface area (Å²) in [5, 5.41) is 0. The normalized spacial score (nSPS) is 23.7. The van der Waals surface area contributed by atoms with Gasteiger partial charge >= 0.3 is 0 Å². The maximum absolute atomic E-state index is 12.3. The van der Waals surface area contributed by atoms with Crippen molar-refractivity contribution in [3.63, 3.8) is 0 Å². The molecule has 0 radical (unpaired) electrons. The second-order valence-corrected chi connectivity index (χ2v) is 7.47. The number of rotatable bonds is 5. The van der Waals surface area contributed by atoms with Crippen molar-refractivity contribution in [2.75, 3.05) is 0 Å². The van der Waals surface area contributed by atoms with Crippen LogP contribution in [0.25, 0.3) is 0 Å². The maximum atomic E-state index is 12.3. The maximum Gasteiger partial charge on any atom is 0.216 e. The van der Waals surface area contributed by atoms with E-state index in [1.165, 1.54) is 6.42 Å². The van der Waals surface area contributed by atoms with Crippen LogP contribution in [0, 0.1) is 5.92 Å². The van der Waals surface area contributed by atoms with E-state index in [1.54, 1.807) is 0 Å². The Kier molecular flexibility index (Phi) is 5.18. The fourth-order valence-electron chi connectivity index (χ4n) is 2.87. The minimum atomic E-state index is -3.31. The summed E-state index contributed by atoms with van der Waals surface area (Å²) in [4.78, 5) is 0. The Bertz CT molecular complexity index is 543. The van der Waals surface area contributed by atoms with Crippen LogP contribution in [0.3, 0.4) is 0 Å². The molecule has 1 fully saturated rings. The van der Waals surface area contributed by atoms with Crippen molar-refractivity contribution in [2.45, 2.75) is 50.9 Å². The average molecular weight is 296 g/mol. The van der Waals surface area contributed by atoms with E-state index in [4.69, 9.17) is 5.73 Å². The molecule has 2 atom stereocenters. The Morgan fingerprint density at radius 2 is 1.85 bits per heavy atom. The van der Waals surface area contributed by atoms with Gasteiger partial charge in [-0.25, -0.2) is 13.1 Å². The Morgan fingerprint density at radius 1 is 1.20 bits per heavy atom. The predicted octanol–water partition coefficient (Wildman–Crippen LogP) is 2.14. The highest BCUT2D eigenvalue weighted by Crippen LogP contribution is 2.24. The van der Waals surface area contributed by atoms with Gasteiger partial charge in [-0.05, 0) is 29.9 Å². The quantitative estimate of drug-likeness (QED) is 0.874. The van der Waals surface area contributed by atoms with E-state index in [0.717, 1.165) is 30.4 Å². The molecule has 1 aromatic carbocycles. The molecule has 1 saturated carbocycles. The molecule has 0 amide bonds. The van der Waals surface area contributed by atoms with Crippen LogP contribution in [0.15, 0.2) is 24.3 Å². The van der Waals surface area contributed by atoms with Gasteiger partial charge in [0.25, 0.3) is 0 Å². The van der Waals surface area contributed by atoms with Crippen LogP contribution in [0.4, 0.5) is 0 Å². The first kappa shape index (κ1) is 15.5. The minimum absolute atomic E-state index is 0.0175. The molecule has 1 aromatic rings. The molecule has 0 saturated heterocycles. The van der Waals surface area contributed by atoms with E-state index >= 15 is 0 Å². The van der Waals surface area contributed by atoms with Crippen LogP contribution < -0.4 is 10.5 Å². The van der Waals surface area contributed by atoms with E-state index in [-0.39, 0.29) is 11.8 Å². The molecule has 5 heteroatoms. The highest BCUT2D eigenvalue weighted by molar-refractivity contribution is 7.88. The number of hydrogen-bond acceptors (Lipinski definition) is 3. The van der Waals surface area contributed by atoms with Crippen molar-refractivity contribution in [1.29, 1.82) is 0 Å². The first-order valence-electron chi connectivity index (χ1n) is 7.28. The van der Waals surface area contributed by atoms with Crippen LogP contribution in [-0.2, 0) is 22.3 Å². The van der Waals surface area contributed by atoms with Gasteiger partial charge in [0, 0.05) is 12.6 Å². The van der Waals surface area contributed by atoms with E-state index in [9.17, 15) is 8.42 Å². The Hall–Kier alpha value is -0.910. The summed E-state index contributed by atoms with van der Waals surface area (Å²) in [5.74, 6) is 0.437. The number of hydrogen-bond donors (Lipinski definition) is 2. The molecule has 2 unspecified atom stereocenters. The van der Waals surface area contributed by atoms with E-state index in [0.29, 0.717) is 12.5 Å². The summed E-state index contributed by atoms with van der Waals surface area (Å²) >= 11 is 0. The minimum Gasteiger partial charge on any atom is -0.326 e. The lowest BCUT2D eigenvalue weighted by atomic mass is 9.87. The Labute approximate surface area is 121 Å². The summed E-state index contributed by atoms with van der Waals surface area (Å²) in [7, 11) is -3.31. The zero-order chi connectivity index (χ0) is 14.6. The number of sulfonamides is 1. The van der Waals surface area contributed by atoms with E-state index in [2.05, 4.69) is 11.6 Å². The zero-order valence-electron chi connectivity index (χ0n) is 12.0. The van der Waals surface area contributed by atoms with Crippen LogP contribution in [0.2, 0.25) is 0 Å². The molecule has 20 heavy (non-hydrogen) atoms. The van der Waals surface area contributed by atoms with Crippen molar-refractivity contribution in [1.82, 2.24) is 4.72 Å². The van der Waals surface area contributed by atoms with Gasteiger partial charge in [0.1, 0.15) is 0 Å². The molecule has 2 rings (SSSR count). The molecular weight excluding hydrogens is 272 g/mol. The number of benzene rings is 1. The van der Waals surface area contributed by atoms with Crippen LogP contribution >= 0.6 is 0 Å². The van der Waals surface area contributed by atoms with Gasteiger partial charge in [-0.3, -0.25) is 0 Å². The van der Waals surface area contributed by atoms with Crippen LogP contribution in [0.5, 0.6) is 0 Å². The van der Waals surface area contributed by atoms with Crippen molar-refractivity contribution >= 4 is 10.0 Å². The molecule has 0 spiro atoms. The van der Waals surface area contributed by atoms with Crippen molar-refractivity contribution in [2.24, 2.45) is 11.7 Å². The van der Waals surface area contributed by atoms with Gasteiger partial charge in [0.05, 0.1) is 5.75 Å². The highest BCUT2D eigenvalue weighted by Gasteiger charge is 2.26. The third-order valence-electron chi connectivity index (χ3n) is 4.13. The summed E-state index contributed by atoms with van der Waals surface area (Å²) in [5.41, 5.74) is 7.36. The van der Waals surface area contributed by atoms with Gasteiger partial charge < -0.3 is 5.73 Å². The van der Waals surface area contributed by atoms with Gasteiger partial charge in [0.2, 0.25) is 10.0 Å². The third-order valence-corrected chi connectivity index (χ3v) is 5.48. The smallest absolute Gasteiger partial charge is 0.216 e. The van der Waals surface area contributed by atoms with E-state index < -0.39 is 10.0 Å². The topological polar surface area (TPSA) is 72.2 Å². The molecule has 1 aliphatic rings. The Morgan fingerprint density at radius 3 is 2.50 bits per heavy atom. The molecule has 112 valence electrons. The molecule has 4 nitrogen and oxygen atoms in total. The van der Waals surface area contributed by atoms with Crippen LogP contribution in [0.1, 0.15) is 43.7 Å². The fraction of sp³-hybridized carbons (Fsp3) is 0.600. The average Bonchev–Trinajstić information content (AvgIpc) is 2.41. The summed E-state index contributed by atoms with van der Waals surface area (Å²) < 4.78 is 27.5. The second kappa shape index (κ2) is 6.70. The monoisotopic (exact) mass is 296 g/mol. The highest BCUT2D eigenvalue weighted by atomic mass is 32.2. The SMILES string of the molecule is CC1CCCCC1NS(=O)(=O)Cc1ccccc1CN. The molecule has 1 aliphatic carbocycles. The summed E-state index contributed by atoms with van der Waals surface area (Å²) in [6, 6.07) is 7.54. The molecular formula is C15H24N2O2S. The fourth-order valence-corrected chi connectivity index (χ4v) is 4.45. The third kappa shape index (κ3) is 4.04. The number of nitrogens with one attached hydrogen (secondary N) is 1. The lowest BCUT2D eigenvalue weighted by molar-refractivity contribution is 0.310. The molecule has 0 bridgehead atoms. The van der Waals surface area contributed by atoms with E-state index in [1.807, 2.05) is 24.3 Å². The summed E-state index contributed by atoms with van der Waals surface area (Å²) in [6.07, 6.45) is 4.36. The molecule has 3 N–H and O–H groups in total. The molecule has 0 heterocycles. The van der Waals surface area contributed by atoms with Gasteiger partial charge in [-0.15, -0.1) is 0 Å².